The Hall–Kier alpha value is -0.960. The highest BCUT2D eigenvalue weighted by Gasteiger charge is 2.28. The molecule has 0 saturated carbocycles. The second kappa shape index (κ2) is 6.66. The highest BCUT2D eigenvalue weighted by Crippen LogP contribution is 2.34. The number of fused-ring (bicyclic) bond motifs is 1. The summed E-state index contributed by atoms with van der Waals surface area (Å²) in [5.74, 6) is 1.73. The third kappa shape index (κ3) is 3.78. The standard InChI is InChI=1S/C12H19N3O3S2/c1-19-8-3-2-7-18-10-6-4-5-9-11(10)12(13)15-20(16,17)14-9/h4-6,12,14-15H,2-3,7-8,13H2,1H3. The summed E-state index contributed by atoms with van der Waals surface area (Å²) < 4.78 is 33.5. The van der Waals surface area contributed by atoms with E-state index in [1.165, 1.54) is 0 Å². The van der Waals surface area contributed by atoms with Crippen molar-refractivity contribution in [3.63, 3.8) is 0 Å². The summed E-state index contributed by atoms with van der Waals surface area (Å²) >= 11 is 1.81. The lowest BCUT2D eigenvalue weighted by molar-refractivity contribution is 0.304. The zero-order chi connectivity index (χ0) is 14.6. The Balaban J connectivity index is 2.08. The van der Waals surface area contributed by atoms with Crippen LogP contribution >= 0.6 is 11.8 Å². The van der Waals surface area contributed by atoms with Crippen molar-refractivity contribution < 1.29 is 13.2 Å². The molecule has 1 aliphatic rings. The van der Waals surface area contributed by atoms with E-state index in [1.807, 2.05) is 11.8 Å². The molecule has 0 radical (unpaired) electrons. The van der Waals surface area contributed by atoms with Crippen molar-refractivity contribution in [2.24, 2.45) is 5.73 Å². The molecule has 20 heavy (non-hydrogen) atoms. The van der Waals surface area contributed by atoms with Crippen molar-refractivity contribution in [3.8, 4) is 5.75 Å². The SMILES string of the molecule is CSCCCCOc1cccc2c1C(N)NS(=O)(=O)N2. The molecule has 0 aliphatic carbocycles. The molecule has 0 amide bonds. The zero-order valence-electron chi connectivity index (χ0n) is 11.3. The Bertz CT molecular complexity index is 563. The largest absolute Gasteiger partial charge is 0.493 e. The summed E-state index contributed by atoms with van der Waals surface area (Å²) in [4.78, 5) is 0. The van der Waals surface area contributed by atoms with Gasteiger partial charge in [-0.1, -0.05) is 6.07 Å². The molecule has 0 aromatic heterocycles. The van der Waals surface area contributed by atoms with Gasteiger partial charge in [-0.05, 0) is 37.0 Å². The fraction of sp³-hybridized carbons (Fsp3) is 0.500. The van der Waals surface area contributed by atoms with Crippen molar-refractivity contribution in [3.05, 3.63) is 23.8 Å². The molecular formula is C12H19N3O3S2. The summed E-state index contributed by atoms with van der Waals surface area (Å²) in [6.07, 6.45) is 3.33. The van der Waals surface area contributed by atoms with E-state index in [4.69, 9.17) is 10.5 Å². The van der Waals surface area contributed by atoms with E-state index in [2.05, 4.69) is 15.7 Å². The van der Waals surface area contributed by atoms with Crippen molar-refractivity contribution in [1.82, 2.24) is 4.72 Å². The maximum absolute atomic E-state index is 11.5. The lowest BCUT2D eigenvalue weighted by Crippen LogP contribution is -2.42. The van der Waals surface area contributed by atoms with Gasteiger partial charge in [0.2, 0.25) is 0 Å². The van der Waals surface area contributed by atoms with Gasteiger partial charge in [0.25, 0.3) is 0 Å². The van der Waals surface area contributed by atoms with Crippen LogP contribution in [-0.4, -0.2) is 27.0 Å². The number of hydrogen-bond donors (Lipinski definition) is 3. The van der Waals surface area contributed by atoms with Crippen LogP contribution in [0.1, 0.15) is 24.6 Å². The number of unbranched alkanes of at least 4 members (excludes halogenated alkanes) is 1. The fourth-order valence-corrected chi connectivity index (χ4v) is 3.48. The first-order valence-electron chi connectivity index (χ1n) is 6.34. The Kier molecular flexibility index (Phi) is 5.14. The molecule has 1 aliphatic heterocycles. The third-order valence-corrected chi connectivity index (χ3v) is 4.65. The summed E-state index contributed by atoms with van der Waals surface area (Å²) in [5, 5.41) is 0. The highest BCUT2D eigenvalue weighted by atomic mass is 32.2. The molecule has 1 heterocycles. The molecule has 112 valence electrons. The average Bonchev–Trinajstić information content (AvgIpc) is 2.36. The van der Waals surface area contributed by atoms with E-state index in [-0.39, 0.29) is 0 Å². The monoisotopic (exact) mass is 317 g/mol. The molecule has 1 aromatic carbocycles. The van der Waals surface area contributed by atoms with Crippen LogP contribution in [0.4, 0.5) is 5.69 Å². The van der Waals surface area contributed by atoms with Gasteiger partial charge >= 0.3 is 10.2 Å². The van der Waals surface area contributed by atoms with Crippen molar-refractivity contribution >= 4 is 27.7 Å². The predicted molar refractivity (Wildman–Crippen MR) is 82.2 cm³/mol. The molecule has 8 heteroatoms. The number of ether oxygens (including phenoxy) is 1. The Morgan fingerprint density at radius 2 is 2.20 bits per heavy atom. The lowest BCUT2D eigenvalue weighted by atomic mass is 10.1. The Labute approximate surface area is 123 Å². The van der Waals surface area contributed by atoms with Crippen LogP contribution in [0.25, 0.3) is 0 Å². The smallest absolute Gasteiger partial charge is 0.300 e. The average molecular weight is 317 g/mol. The molecule has 0 bridgehead atoms. The summed E-state index contributed by atoms with van der Waals surface area (Å²) in [5.41, 5.74) is 6.98. The first-order valence-corrected chi connectivity index (χ1v) is 9.21. The number of nitrogens with one attached hydrogen (secondary N) is 2. The molecule has 0 fully saturated rings. The van der Waals surface area contributed by atoms with Crippen LogP contribution in [0.3, 0.4) is 0 Å². The van der Waals surface area contributed by atoms with Gasteiger partial charge in [-0.25, -0.2) is 0 Å². The summed E-state index contributed by atoms with van der Waals surface area (Å²) in [7, 11) is -3.58. The number of thioether (sulfide) groups is 1. The molecular weight excluding hydrogens is 298 g/mol. The molecule has 1 atom stereocenters. The van der Waals surface area contributed by atoms with Crippen LogP contribution in [0.15, 0.2) is 18.2 Å². The molecule has 0 saturated heterocycles. The Morgan fingerprint density at radius 3 is 2.95 bits per heavy atom. The Morgan fingerprint density at radius 1 is 1.40 bits per heavy atom. The molecule has 0 spiro atoms. The maximum atomic E-state index is 11.5. The van der Waals surface area contributed by atoms with Crippen LogP contribution in [0.5, 0.6) is 5.75 Å². The molecule has 1 aromatic rings. The first kappa shape index (κ1) is 15.4. The van der Waals surface area contributed by atoms with Gasteiger partial charge in [0.15, 0.2) is 0 Å². The van der Waals surface area contributed by atoms with Crippen LogP contribution < -0.4 is 19.9 Å². The fourth-order valence-electron chi connectivity index (χ4n) is 2.01. The minimum absolute atomic E-state index is 0.470. The van der Waals surface area contributed by atoms with Gasteiger partial charge in [-0.15, -0.1) is 0 Å². The molecule has 2 rings (SSSR count). The lowest BCUT2D eigenvalue weighted by Gasteiger charge is -2.26. The number of rotatable bonds is 6. The van der Waals surface area contributed by atoms with Crippen LogP contribution in [-0.2, 0) is 10.2 Å². The van der Waals surface area contributed by atoms with E-state index in [0.29, 0.717) is 23.6 Å². The van der Waals surface area contributed by atoms with Gasteiger partial charge in [-0.2, -0.15) is 24.9 Å². The zero-order valence-corrected chi connectivity index (χ0v) is 12.9. The summed E-state index contributed by atoms with van der Waals surface area (Å²) in [6, 6.07) is 5.22. The highest BCUT2D eigenvalue weighted by molar-refractivity contribution is 7.98. The van der Waals surface area contributed by atoms with Crippen LogP contribution in [0, 0.1) is 0 Å². The third-order valence-electron chi connectivity index (χ3n) is 2.90. The van der Waals surface area contributed by atoms with Gasteiger partial charge in [0, 0.05) is 0 Å². The topological polar surface area (TPSA) is 93.4 Å². The second-order valence-corrected chi connectivity index (χ2v) is 6.90. The molecule has 1 unspecified atom stereocenters. The van der Waals surface area contributed by atoms with Crippen molar-refractivity contribution in [1.29, 1.82) is 0 Å². The normalized spacial score (nSPS) is 20.0. The molecule has 6 nitrogen and oxygen atoms in total. The first-order chi connectivity index (χ1) is 9.53. The van der Waals surface area contributed by atoms with Gasteiger partial charge in [-0.3, -0.25) is 4.72 Å². The van der Waals surface area contributed by atoms with E-state index in [1.54, 1.807) is 18.2 Å². The minimum atomic E-state index is -3.58. The van der Waals surface area contributed by atoms with Crippen molar-refractivity contribution in [2.45, 2.75) is 19.0 Å². The predicted octanol–water partition coefficient (Wildman–Crippen LogP) is 1.43. The maximum Gasteiger partial charge on any atom is 0.300 e. The van der Waals surface area contributed by atoms with E-state index in [9.17, 15) is 8.42 Å². The number of benzene rings is 1. The van der Waals surface area contributed by atoms with Gasteiger partial charge in [0.05, 0.1) is 17.9 Å². The minimum Gasteiger partial charge on any atom is -0.493 e. The van der Waals surface area contributed by atoms with Crippen molar-refractivity contribution in [2.75, 3.05) is 23.3 Å². The number of nitrogens with two attached hydrogens (primary N) is 1. The van der Waals surface area contributed by atoms with E-state index < -0.39 is 16.4 Å². The quantitative estimate of drug-likeness (QED) is 0.690. The molecule has 4 N–H and O–H groups in total. The summed E-state index contributed by atoms with van der Waals surface area (Å²) in [6.45, 7) is 0.594. The second-order valence-electron chi connectivity index (χ2n) is 4.47. The van der Waals surface area contributed by atoms with E-state index >= 15 is 0 Å². The van der Waals surface area contributed by atoms with E-state index in [0.717, 1.165) is 18.6 Å². The van der Waals surface area contributed by atoms with Crippen LogP contribution in [0.2, 0.25) is 0 Å². The van der Waals surface area contributed by atoms with Gasteiger partial charge in [0.1, 0.15) is 11.9 Å². The van der Waals surface area contributed by atoms with Gasteiger partial charge < -0.3 is 10.5 Å². The number of anilines is 1. The number of hydrogen-bond acceptors (Lipinski definition) is 5.